The van der Waals surface area contributed by atoms with E-state index in [0.29, 0.717) is 0 Å². The van der Waals surface area contributed by atoms with Gasteiger partial charge in [-0.25, -0.2) is 0 Å². The van der Waals surface area contributed by atoms with Crippen LogP contribution in [0, 0.1) is 0 Å². The lowest BCUT2D eigenvalue weighted by atomic mass is 10.1. The Labute approximate surface area is 171 Å². The van der Waals surface area contributed by atoms with Crippen LogP contribution in [0.2, 0.25) is 0 Å². The first-order chi connectivity index (χ1) is 10.8. The Morgan fingerprint density at radius 3 is 1.33 bits per heavy atom. The number of nitrogens with zero attached hydrogens (tertiary/aromatic N) is 2. The van der Waals surface area contributed by atoms with Crippen molar-refractivity contribution in [2.45, 2.75) is 52.4 Å². The van der Waals surface area contributed by atoms with Crippen molar-refractivity contribution < 1.29 is 43.8 Å². The number of hydrogen-bond donors (Lipinski definition) is 2. The van der Waals surface area contributed by atoms with Gasteiger partial charge in [-0.3, -0.25) is 9.80 Å². The average Bonchev–Trinajstić information content (AvgIpc) is 3.18. The van der Waals surface area contributed by atoms with Crippen LogP contribution in [0.15, 0.2) is 0 Å². The summed E-state index contributed by atoms with van der Waals surface area (Å²) in [5.74, 6) is 0. The Balaban J connectivity index is 0.00000264. The molecular formula is C18H40Br2N4. The molecule has 2 N–H and O–H groups in total. The predicted molar refractivity (Wildman–Crippen MR) is 93.3 cm³/mol. The summed E-state index contributed by atoms with van der Waals surface area (Å²) in [6, 6.07) is 0. The molecule has 2 fully saturated rings. The molecule has 0 radical (unpaired) electrons. The van der Waals surface area contributed by atoms with E-state index in [4.69, 9.17) is 0 Å². The van der Waals surface area contributed by atoms with Crippen LogP contribution >= 0.6 is 0 Å². The fourth-order valence-corrected chi connectivity index (χ4v) is 3.92. The van der Waals surface area contributed by atoms with Gasteiger partial charge in [-0.2, -0.15) is 0 Å². The lowest BCUT2D eigenvalue weighted by Gasteiger charge is -2.14. The SMILES string of the molecule is CC[NH+]1CCN(CCCCCCCCN2CC[NH+](CC)C2)C1.[Br-].[Br-]. The van der Waals surface area contributed by atoms with Gasteiger partial charge < -0.3 is 43.8 Å². The molecule has 0 aromatic rings. The summed E-state index contributed by atoms with van der Waals surface area (Å²) in [6.45, 7) is 17.9. The molecule has 2 aliphatic rings. The zero-order chi connectivity index (χ0) is 15.6. The van der Waals surface area contributed by atoms with Crippen LogP contribution in [0.5, 0.6) is 0 Å². The predicted octanol–water partition coefficient (Wildman–Crippen LogP) is -6.31. The summed E-state index contributed by atoms with van der Waals surface area (Å²) in [5.41, 5.74) is 0. The minimum atomic E-state index is 0. The normalized spacial score (nSPS) is 24.8. The van der Waals surface area contributed by atoms with Crippen molar-refractivity contribution in [3.8, 4) is 0 Å². The third-order valence-corrected chi connectivity index (χ3v) is 5.66. The lowest BCUT2D eigenvalue weighted by Crippen LogP contribution is -3.10. The third-order valence-electron chi connectivity index (χ3n) is 5.66. The molecular weight excluding hydrogens is 432 g/mol. The molecule has 146 valence electrons. The average molecular weight is 472 g/mol. The molecule has 0 saturated carbocycles. The maximum atomic E-state index is 2.66. The highest BCUT2D eigenvalue weighted by Crippen LogP contribution is 2.07. The monoisotopic (exact) mass is 470 g/mol. The molecule has 0 amide bonds. The highest BCUT2D eigenvalue weighted by atomic mass is 79.9. The molecule has 0 spiro atoms. The molecule has 2 unspecified atom stereocenters. The molecule has 6 heteroatoms. The lowest BCUT2D eigenvalue weighted by molar-refractivity contribution is -0.890. The zero-order valence-corrected chi connectivity index (χ0v) is 19.1. The number of halogens is 2. The molecule has 2 atom stereocenters. The van der Waals surface area contributed by atoms with Gasteiger partial charge in [0.2, 0.25) is 0 Å². The Morgan fingerprint density at radius 2 is 1.00 bits per heavy atom. The van der Waals surface area contributed by atoms with Crippen molar-refractivity contribution in [3.05, 3.63) is 0 Å². The van der Waals surface area contributed by atoms with Gasteiger partial charge in [-0.05, 0) is 26.7 Å². The van der Waals surface area contributed by atoms with Crippen LogP contribution in [0.3, 0.4) is 0 Å². The van der Waals surface area contributed by atoms with E-state index in [0.717, 1.165) is 0 Å². The number of unbranched alkanes of at least 4 members (excludes halogenated alkanes) is 5. The van der Waals surface area contributed by atoms with Crippen molar-refractivity contribution in [2.75, 3.05) is 65.7 Å². The van der Waals surface area contributed by atoms with Crippen LogP contribution in [0.25, 0.3) is 0 Å². The van der Waals surface area contributed by atoms with E-state index in [-0.39, 0.29) is 34.0 Å². The van der Waals surface area contributed by atoms with Gasteiger partial charge in [0.1, 0.15) is 13.3 Å². The smallest absolute Gasteiger partial charge is 0.133 e. The van der Waals surface area contributed by atoms with E-state index in [9.17, 15) is 0 Å². The first kappa shape index (κ1) is 24.8. The van der Waals surface area contributed by atoms with Crippen LogP contribution < -0.4 is 43.8 Å². The van der Waals surface area contributed by atoms with Gasteiger partial charge in [0.25, 0.3) is 0 Å². The van der Waals surface area contributed by atoms with Crippen molar-refractivity contribution >= 4 is 0 Å². The minimum Gasteiger partial charge on any atom is -1.00 e. The minimum absolute atomic E-state index is 0. The first-order valence-electron chi connectivity index (χ1n) is 9.93. The number of hydrogen-bond acceptors (Lipinski definition) is 2. The second kappa shape index (κ2) is 14.9. The zero-order valence-electron chi connectivity index (χ0n) is 16.0. The molecule has 0 aromatic carbocycles. The maximum Gasteiger partial charge on any atom is 0.133 e. The van der Waals surface area contributed by atoms with Crippen LogP contribution in [-0.4, -0.2) is 75.5 Å². The second-order valence-corrected chi connectivity index (χ2v) is 7.38. The van der Waals surface area contributed by atoms with Crippen molar-refractivity contribution in [3.63, 3.8) is 0 Å². The van der Waals surface area contributed by atoms with Crippen molar-refractivity contribution in [1.29, 1.82) is 0 Å². The molecule has 0 aliphatic carbocycles. The van der Waals surface area contributed by atoms with Crippen LogP contribution in [-0.2, 0) is 0 Å². The Morgan fingerprint density at radius 1 is 0.625 bits per heavy atom. The highest BCUT2D eigenvalue weighted by molar-refractivity contribution is 4.59. The molecule has 0 bridgehead atoms. The van der Waals surface area contributed by atoms with E-state index in [1.807, 2.05) is 0 Å². The highest BCUT2D eigenvalue weighted by Gasteiger charge is 2.21. The molecule has 2 saturated heterocycles. The van der Waals surface area contributed by atoms with Crippen LogP contribution in [0.4, 0.5) is 0 Å². The van der Waals surface area contributed by atoms with E-state index in [1.54, 1.807) is 9.80 Å². The number of likely N-dealkylation sites (N-methyl/N-ethyl adjacent to an activating group) is 2. The van der Waals surface area contributed by atoms with Gasteiger partial charge in [0.05, 0.1) is 39.3 Å². The van der Waals surface area contributed by atoms with E-state index in [1.165, 1.54) is 104 Å². The molecule has 2 aliphatic heterocycles. The van der Waals surface area contributed by atoms with Crippen LogP contribution in [0.1, 0.15) is 52.4 Å². The molecule has 24 heavy (non-hydrogen) atoms. The maximum absolute atomic E-state index is 2.66. The first-order valence-corrected chi connectivity index (χ1v) is 9.93. The summed E-state index contributed by atoms with van der Waals surface area (Å²) in [6.07, 6.45) is 8.61. The van der Waals surface area contributed by atoms with E-state index < -0.39 is 0 Å². The summed E-state index contributed by atoms with van der Waals surface area (Å²) < 4.78 is 0. The summed E-state index contributed by atoms with van der Waals surface area (Å²) >= 11 is 0. The summed E-state index contributed by atoms with van der Waals surface area (Å²) in [7, 11) is 0. The number of nitrogens with one attached hydrogen (secondary N) is 2. The van der Waals surface area contributed by atoms with Gasteiger partial charge in [-0.1, -0.05) is 25.7 Å². The van der Waals surface area contributed by atoms with Gasteiger partial charge in [0, 0.05) is 13.1 Å². The molecule has 0 aromatic heterocycles. The van der Waals surface area contributed by atoms with E-state index in [2.05, 4.69) is 23.6 Å². The molecule has 2 heterocycles. The molecule has 2 rings (SSSR count). The van der Waals surface area contributed by atoms with E-state index >= 15 is 0 Å². The van der Waals surface area contributed by atoms with Crippen molar-refractivity contribution in [2.24, 2.45) is 0 Å². The largest absolute Gasteiger partial charge is 1.00 e. The fourth-order valence-electron chi connectivity index (χ4n) is 3.92. The standard InChI is InChI=1S/C18H38N4.2BrH/c1-3-19-13-15-21(17-19)11-9-7-5-6-8-10-12-22-16-14-20(4-2)18-22;;/h3-18H2,1-2H3;2*1H. The number of quaternary nitrogens is 2. The Bertz CT molecular complexity index is 266. The van der Waals surface area contributed by atoms with Gasteiger partial charge in [-0.15, -0.1) is 0 Å². The number of rotatable bonds is 11. The van der Waals surface area contributed by atoms with Gasteiger partial charge >= 0.3 is 0 Å². The second-order valence-electron chi connectivity index (χ2n) is 7.38. The Hall–Kier alpha value is 0.800. The fraction of sp³-hybridized carbons (Fsp3) is 1.00. The summed E-state index contributed by atoms with van der Waals surface area (Å²) in [4.78, 5) is 8.86. The summed E-state index contributed by atoms with van der Waals surface area (Å²) in [5, 5.41) is 0. The van der Waals surface area contributed by atoms with Crippen molar-refractivity contribution in [1.82, 2.24) is 9.80 Å². The molecule has 4 nitrogen and oxygen atoms in total. The topological polar surface area (TPSA) is 15.4 Å². The quantitative estimate of drug-likeness (QED) is 0.291. The van der Waals surface area contributed by atoms with Gasteiger partial charge in [0.15, 0.2) is 0 Å². The Kier molecular flexibility index (Phi) is 15.4. The third kappa shape index (κ3) is 9.48.